The number of sulfonamides is 1. The van der Waals surface area contributed by atoms with Crippen LogP contribution in [0.2, 0.25) is 0 Å². The molecule has 0 atom stereocenters. The molecule has 11 heteroatoms. The van der Waals surface area contributed by atoms with Crippen LogP contribution < -0.4 is 15.2 Å². The summed E-state index contributed by atoms with van der Waals surface area (Å²) in [7, 11) is -2.69. The highest BCUT2D eigenvalue weighted by Crippen LogP contribution is 2.32. The van der Waals surface area contributed by atoms with Crippen molar-refractivity contribution < 1.29 is 22.3 Å². The number of ketones is 1. The predicted molar refractivity (Wildman–Crippen MR) is 126 cm³/mol. The minimum Gasteiger partial charge on any atom is -0.495 e. The summed E-state index contributed by atoms with van der Waals surface area (Å²) in [6.07, 6.45) is 3.00. The summed E-state index contributed by atoms with van der Waals surface area (Å²) in [5, 5.41) is 0.422. The lowest BCUT2D eigenvalue weighted by Gasteiger charge is -2.13. The molecule has 0 aliphatic carbocycles. The monoisotopic (exact) mass is 483 g/mol. The van der Waals surface area contributed by atoms with E-state index in [2.05, 4.69) is 14.7 Å². The summed E-state index contributed by atoms with van der Waals surface area (Å²) in [5.74, 6) is -0.586. The van der Waals surface area contributed by atoms with Crippen molar-refractivity contribution in [1.29, 1.82) is 0 Å². The van der Waals surface area contributed by atoms with Crippen molar-refractivity contribution in [2.45, 2.75) is 24.8 Å². The van der Waals surface area contributed by atoms with E-state index in [1.54, 1.807) is 6.20 Å². The highest BCUT2D eigenvalue weighted by Gasteiger charge is 2.23. The average Bonchev–Trinajstić information content (AvgIpc) is 3.20. The Labute approximate surface area is 195 Å². The third kappa shape index (κ3) is 4.17. The molecule has 0 aliphatic rings. The second kappa shape index (κ2) is 8.75. The first-order valence-corrected chi connectivity index (χ1v) is 11.7. The second-order valence-corrected chi connectivity index (χ2v) is 9.49. The number of carbonyl (C=O) groups excluding carboxylic acids is 1. The van der Waals surface area contributed by atoms with Gasteiger partial charge in [-0.05, 0) is 56.3 Å². The number of carbonyl (C=O) groups is 1. The first-order valence-electron chi connectivity index (χ1n) is 10.2. The van der Waals surface area contributed by atoms with Crippen molar-refractivity contribution in [3.8, 4) is 5.75 Å². The van der Waals surface area contributed by atoms with E-state index in [-0.39, 0.29) is 33.8 Å². The number of methoxy groups -OCH3 is 1. The summed E-state index contributed by atoms with van der Waals surface area (Å²) in [6.45, 7) is 3.89. The maximum Gasteiger partial charge on any atom is 0.262 e. The number of benzene rings is 2. The Bertz CT molecular complexity index is 1500. The molecule has 0 spiro atoms. The van der Waals surface area contributed by atoms with Crippen LogP contribution in [0, 0.1) is 5.82 Å². The number of hydrogen-bond donors (Lipinski definition) is 2. The lowest BCUT2D eigenvalue weighted by molar-refractivity contribution is 0.104. The molecule has 2 aromatic heterocycles. The van der Waals surface area contributed by atoms with Gasteiger partial charge in [-0.15, -0.1) is 0 Å². The van der Waals surface area contributed by atoms with E-state index in [9.17, 15) is 17.6 Å². The number of ether oxygens (including phenoxy) is 1. The van der Waals surface area contributed by atoms with E-state index in [0.29, 0.717) is 16.6 Å². The molecule has 0 unspecified atom stereocenters. The molecule has 9 nitrogen and oxygen atoms in total. The van der Waals surface area contributed by atoms with Crippen molar-refractivity contribution in [3.63, 3.8) is 0 Å². The van der Waals surface area contributed by atoms with Crippen LogP contribution >= 0.6 is 0 Å². The third-order valence-corrected chi connectivity index (χ3v) is 6.65. The molecule has 0 bridgehead atoms. The zero-order chi connectivity index (χ0) is 24.6. The van der Waals surface area contributed by atoms with E-state index in [1.165, 1.54) is 31.6 Å². The van der Waals surface area contributed by atoms with Crippen LogP contribution in [0.1, 0.15) is 35.8 Å². The zero-order valence-corrected chi connectivity index (χ0v) is 19.4. The second-order valence-electron chi connectivity index (χ2n) is 7.80. The molecule has 2 heterocycles. The summed E-state index contributed by atoms with van der Waals surface area (Å²) < 4.78 is 48.4. The third-order valence-electron chi connectivity index (χ3n) is 5.27. The maximum atomic E-state index is 13.5. The molecule has 176 valence electrons. The van der Waals surface area contributed by atoms with E-state index in [1.807, 2.05) is 18.4 Å². The van der Waals surface area contributed by atoms with E-state index in [4.69, 9.17) is 10.5 Å². The first-order chi connectivity index (χ1) is 16.1. The standard InChI is InChI=1S/C23H22FN5O4S/c1-13(2)29-11-17(20-22(25)26-12-27-23(20)29)21(30)14-4-9-19(33-3)18(10-14)28-34(31,32)16-7-5-15(24)6-8-16/h4-13,28H,1-3H3,(H2,25,26,27). The Kier molecular flexibility index (Phi) is 5.96. The van der Waals surface area contributed by atoms with Crippen LogP contribution in [0.15, 0.2) is 59.9 Å². The van der Waals surface area contributed by atoms with Crippen LogP contribution in [-0.2, 0) is 10.0 Å². The molecule has 0 fully saturated rings. The summed E-state index contributed by atoms with van der Waals surface area (Å²) in [4.78, 5) is 21.6. The number of nitrogens with two attached hydrogens (primary N) is 1. The van der Waals surface area contributed by atoms with Crippen molar-refractivity contribution in [3.05, 3.63) is 71.9 Å². The Hall–Kier alpha value is -3.99. The van der Waals surface area contributed by atoms with E-state index < -0.39 is 21.6 Å². The fourth-order valence-corrected chi connectivity index (χ4v) is 4.64. The van der Waals surface area contributed by atoms with Gasteiger partial charge in [0.2, 0.25) is 0 Å². The zero-order valence-electron chi connectivity index (χ0n) is 18.6. The molecular formula is C23H22FN5O4S. The fourth-order valence-electron chi connectivity index (χ4n) is 3.58. The number of halogens is 1. The minimum absolute atomic E-state index is 0.00676. The molecule has 0 amide bonds. The average molecular weight is 484 g/mol. The number of fused-ring (bicyclic) bond motifs is 1. The number of nitrogen functional groups attached to an aromatic ring is 1. The number of nitrogens with one attached hydrogen (secondary N) is 1. The molecule has 0 aliphatic heterocycles. The largest absolute Gasteiger partial charge is 0.495 e. The van der Waals surface area contributed by atoms with Crippen molar-refractivity contribution >= 4 is 38.3 Å². The molecule has 0 radical (unpaired) electrons. The van der Waals surface area contributed by atoms with Gasteiger partial charge in [0, 0.05) is 17.8 Å². The van der Waals surface area contributed by atoms with Gasteiger partial charge in [-0.1, -0.05) is 0 Å². The highest BCUT2D eigenvalue weighted by molar-refractivity contribution is 7.92. The normalized spacial score (nSPS) is 11.7. The lowest BCUT2D eigenvalue weighted by atomic mass is 10.0. The summed E-state index contributed by atoms with van der Waals surface area (Å²) in [5.41, 5.74) is 7.13. The smallest absolute Gasteiger partial charge is 0.262 e. The van der Waals surface area contributed by atoms with Gasteiger partial charge in [-0.3, -0.25) is 9.52 Å². The van der Waals surface area contributed by atoms with Gasteiger partial charge in [0.15, 0.2) is 5.78 Å². The van der Waals surface area contributed by atoms with Gasteiger partial charge < -0.3 is 15.0 Å². The number of aromatic nitrogens is 3. The summed E-state index contributed by atoms with van der Waals surface area (Å²) >= 11 is 0. The Balaban J connectivity index is 1.78. The first kappa shape index (κ1) is 23.2. The van der Waals surface area contributed by atoms with Gasteiger partial charge >= 0.3 is 0 Å². The van der Waals surface area contributed by atoms with Gasteiger partial charge in [-0.2, -0.15) is 0 Å². The van der Waals surface area contributed by atoms with Gasteiger partial charge in [0.1, 0.15) is 29.4 Å². The molecule has 34 heavy (non-hydrogen) atoms. The molecule has 4 rings (SSSR count). The van der Waals surface area contributed by atoms with Crippen molar-refractivity contribution in [2.24, 2.45) is 0 Å². The van der Waals surface area contributed by atoms with Crippen molar-refractivity contribution in [1.82, 2.24) is 14.5 Å². The molecular weight excluding hydrogens is 461 g/mol. The van der Waals surface area contributed by atoms with E-state index in [0.717, 1.165) is 24.3 Å². The van der Waals surface area contributed by atoms with Crippen LogP contribution in [0.4, 0.5) is 15.9 Å². The van der Waals surface area contributed by atoms with Crippen LogP contribution in [0.3, 0.4) is 0 Å². The Morgan fingerprint density at radius 3 is 2.50 bits per heavy atom. The fraction of sp³-hybridized carbons (Fsp3) is 0.174. The number of nitrogens with zero attached hydrogens (tertiary/aromatic N) is 3. The van der Waals surface area contributed by atoms with E-state index >= 15 is 0 Å². The molecule has 0 saturated carbocycles. The quantitative estimate of drug-likeness (QED) is 0.383. The minimum atomic E-state index is -4.07. The highest BCUT2D eigenvalue weighted by atomic mass is 32.2. The van der Waals surface area contributed by atoms with Crippen LogP contribution in [0.25, 0.3) is 11.0 Å². The van der Waals surface area contributed by atoms with Gasteiger partial charge in [-0.25, -0.2) is 22.8 Å². The molecule has 2 aromatic carbocycles. The number of rotatable bonds is 7. The van der Waals surface area contributed by atoms with Crippen LogP contribution in [0.5, 0.6) is 5.75 Å². The van der Waals surface area contributed by atoms with Crippen LogP contribution in [-0.4, -0.2) is 35.8 Å². The lowest BCUT2D eigenvalue weighted by Crippen LogP contribution is -2.14. The topological polar surface area (TPSA) is 129 Å². The molecule has 4 aromatic rings. The Morgan fingerprint density at radius 2 is 1.85 bits per heavy atom. The number of anilines is 2. The molecule has 0 saturated heterocycles. The predicted octanol–water partition coefficient (Wildman–Crippen LogP) is 3.77. The maximum absolute atomic E-state index is 13.5. The Morgan fingerprint density at radius 1 is 1.15 bits per heavy atom. The van der Waals surface area contributed by atoms with Gasteiger partial charge in [0.25, 0.3) is 10.0 Å². The molecule has 3 N–H and O–H groups in total. The van der Waals surface area contributed by atoms with Gasteiger partial charge in [0.05, 0.1) is 28.6 Å². The SMILES string of the molecule is COc1ccc(C(=O)c2cn(C(C)C)c3ncnc(N)c23)cc1NS(=O)(=O)c1ccc(F)cc1. The number of hydrogen-bond acceptors (Lipinski definition) is 7. The van der Waals surface area contributed by atoms with Crippen molar-refractivity contribution in [2.75, 3.05) is 17.6 Å². The summed E-state index contributed by atoms with van der Waals surface area (Å²) in [6, 6.07) is 8.76.